The normalized spacial score (nSPS) is 13.0. The first kappa shape index (κ1) is 14.6. The summed E-state index contributed by atoms with van der Waals surface area (Å²) in [5.74, 6) is -0.699. The number of aromatic nitrogens is 2. The van der Waals surface area contributed by atoms with Gasteiger partial charge in [0.15, 0.2) is 6.61 Å². The molecule has 0 saturated heterocycles. The molecule has 4 rings (SSSR count). The number of Topliss-reactive ketones (excluding diaryl/α,β-unsaturated/α-hetero) is 1. The summed E-state index contributed by atoms with van der Waals surface area (Å²) in [5.41, 5.74) is 3.73. The van der Waals surface area contributed by atoms with Crippen LogP contribution >= 0.6 is 0 Å². The summed E-state index contributed by atoms with van der Waals surface area (Å²) in [7, 11) is 0. The SMILES string of the molecule is O=C(COC(=O)c1c2c(nc3ccccc13)CCC2)c1ccc[nH]1. The van der Waals surface area contributed by atoms with Crippen molar-refractivity contribution in [3.8, 4) is 0 Å². The number of benzene rings is 1. The van der Waals surface area contributed by atoms with E-state index >= 15 is 0 Å². The Morgan fingerprint density at radius 3 is 2.83 bits per heavy atom. The Kier molecular flexibility index (Phi) is 3.61. The van der Waals surface area contributed by atoms with Gasteiger partial charge in [-0.3, -0.25) is 9.78 Å². The molecule has 0 unspecified atom stereocenters. The summed E-state index contributed by atoms with van der Waals surface area (Å²) in [5, 5.41) is 0.787. The molecule has 1 N–H and O–H groups in total. The Morgan fingerprint density at radius 1 is 1.12 bits per heavy atom. The predicted molar refractivity (Wildman–Crippen MR) is 89.2 cm³/mol. The molecule has 2 heterocycles. The fourth-order valence-electron chi connectivity index (χ4n) is 3.23. The van der Waals surface area contributed by atoms with Crippen LogP contribution < -0.4 is 0 Å². The molecule has 0 fully saturated rings. The van der Waals surface area contributed by atoms with E-state index in [1.54, 1.807) is 18.3 Å². The molecule has 120 valence electrons. The third-order valence-corrected chi connectivity index (χ3v) is 4.36. The number of hydrogen-bond acceptors (Lipinski definition) is 4. The van der Waals surface area contributed by atoms with E-state index in [4.69, 9.17) is 4.74 Å². The quantitative estimate of drug-likeness (QED) is 0.592. The van der Waals surface area contributed by atoms with Gasteiger partial charge in [0.05, 0.1) is 16.8 Å². The Labute approximate surface area is 138 Å². The molecule has 1 aliphatic carbocycles. The van der Waals surface area contributed by atoms with Crippen LogP contribution in [0.2, 0.25) is 0 Å². The van der Waals surface area contributed by atoms with Gasteiger partial charge >= 0.3 is 5.97 Å². The zero-order valence-corrected chi connectivity index (χ0v) is 13.0. The van der Waals surface area contributed by atoms with E-state index in [0.717, 1.165) is 41.4 Å². The number of hydrogen-bond donors (Lipinski definition) is 1. The van der Waals surface area contributed by atoms with Crippen LogP contribution in [0.4, 0.5) is 0 Å². The lowest BCUT2D eigenvalue weighted by molar-refractivity contribution is 0.0474. The molecule has 1 aromatic carbocycles. The smallest absolute Gasteiger partial charge is 0.339 e. The summed E-state index contributed by atoms with van der Waals surface area (Å²) in [6.07, 6.45) is 4.35. The highest BCUT2D eigenvalue weighted by molar-refractivity contribution is 6.06. The van der Waals surface area contributed by atoms with Gasteiger partial charge < -0.3 is 9.72 Å². The summed E-state index contributed by atoms with van der Waals surface area (Å²) in [4.78, 5) is 32.2. The second-order valence-corrected chi connectivity index (χ2v) is 5.87. The molecule has 0 amide bonds. The lowest BCUT2D eigenvalue weighted by Crippen LogP contribution is -2.16. The number of carbonyl (C=O) groups is 2. The number of aryl methyl sites for hydroxylation is 1. The van der Waals surface area contributed by atoms with Crippen molar-refractivity contribution in [1.82, 2.24) is 9.97 Å². The summed E-state index contributed by atoms with van der Waals surface area (Å²) >= 11 is 0. The number of carbonyl (C=O) groups excluding carboxylic acids is 2. The first-order valence-electron chi connectivity index (χ1n) is 7.98. The van der Waals surface area contributed by atoms with Crippen LogP contribution in [-0.4, -0.2) is 28.3 Å². The highest BCUT2D eigenvalue weighted by Crippen LogP contribution is 2.30. The second-order valence-electron chi connectivity index (χ2n) is 5.87. The Morgan fingerprint density at radius 2 is 2.00 bits per heavy atom. The summed E-state index contributed by atoms with van der Waals surface area (Å²) in [6, 6.07) is 11.0. The first-order valence-corrected chi connectivity index (χ1v) is 7.98. The maximum absolute atomic E-state index is 12.7. The molecule has 0 saturated carbocycles. The van der Waals surface area contributed by atoms with Gasteiger partial charge in [0, 0.05) is 17.3 Å². The molecule has 0 spiro atoms. The van der Waals surface area contributed by atoms with Crippen molar-refractivity contribution in [1.29, 1.82) is 0 Å². The Balaban J connectivity index is 1.66. The van der Waals surface area contributed by atoms with Crippen molar-refractivity contribution in [2.75, 3.05) is 6.61 Å². The molecule has 1 aliphatic rings. The van der Waals surface area contributed by atoms with E-state index in [1.165, 1.54) is 0 Å². The van der Waals surface area contributed by atoms with E-state index in [1.807, 2.05) is 24.3 Å². The maximum Gasteiger partial charge on any atom is 0.339 e. The van der Waals surface area contributed by atoms with Gasteiger partial charge in [-0.05, 0) is 43.0 Å². The van der Waals surface area contributed by atoms with Crippen LogP contribution in [0.1, 0.15) is 38.5 Å². The van der Waals surface area contributed by atoms with Gasteiger partial charge in [-0.2, -0.15) is 0 Å². The second kappa shape index (κ2) is 5.92. The molecule has 0 aliphatic heterocycles. The van der Waals surface area contributed by atoms with E-state index in [0.29, 0.717) is 11.3 Å². The van der Waals surface area contributed by atoms with Crippen molar-refractivity contribution in [3.63, 3.8) is 0 Å². The van der Waals surface area contributed by atoms with Gasteiger partial charge in [0.25, 0.3) is 0 Å². The molecule has 5 heteroatoms. The largest absolute Gasteiger partial charge is 0.454 e. The molecule has 0 radical (unpaired) electrons. The topological polar surface area (TPSA) is 72.1 Å². The summed E-state index contributed by atoms with van der Waals surface area (Å²) in [6.45, 7) is -0.273. The van der Waals surface area contributed by atoms with Gasteiger partial charge in [0.2, 0.25) is 5.78 Å². The van der Waals surface area contributed by atoms with E-state index < -0.39 is 5.97 Å². The number of nitrogens with zero attached hydrogens (tertiary/aromatic N) is 1. The Bertz CT molecular complexity index is 929. The molecule has 3 aromatic rings. The number of nitrogens with one attached hydrogen (secondary N) is 1. The highest BCUT2D eigenvalue weighted by atomic mass is 16.5. The van der Waals surface area contributed by atoms with Gasteiger partial charge in [-0.25, -0.2) is 4.79 Å². The zero-order chi connectivity index (χ0) is 16.5. The lowest BCUT2D eigenvalue weighted by atomic mass is 10.0. The van der Waals surface area contributed by atoms with Crippen LogP contribution in [0.15, 0.2) is 42.6 Å². The standard InChI is InChI=1S/C19H16N2O3/c22-17(16-9-4-10-20-16)11-24-19(23)18-12-5-1-2-7-14(12)21-15-8-3-6-13(15)18/h1-2,4-5,7,9-10,20H,3,6,8,11H2. The van der Waals surface area contributed by atoms with Crippen molar-refractivity contribution >= 4 is 22.7 Å². The van der Waals surface area contributed by atoms with Gasteiger partial charge in [0.1, 0.15) is 0 Å². The van der Waals surface area contributed by atoms with Crippen molar-refractivity contribution in [2.45, 2.75) is 19.3 Å². The van der Waals surface area contributed by atoms with Crippen molar-refractivity contribution in [2.24, 2.45) is 0 Å². The number of pyridine rings is 1. The maximum atomic E-state index is 12.7. The third kappa shape index (κ3) is 2.48. The fraction of sp³-hybridized carbons (Fsp3) is 0.211. The number of fused-ring (bicyclic) bond motifs is 2. The number of ether oxygens (including phenoxy) is 1. The van der Waals surface area contributed by atoms with Crippen molar-refractivity contribution in [3.05, 3.63) is 65.1 Å². The molecular weight excluding hydrogens is 304 g/mol. The van der Waals surface area contributed by atoms with Crippen LogP contribution in [0.25, 0.3) is 10.9 Å². The third-order valence-electron chi connectivity index (χ3n) is 4.36. The van der Waals surface area contributed by atoms with Gasteiger partial charge in [-0.15, -0.1) is 0 Å². The monoisotopic (exact) mass is 320 g/mol. The molecular formula is C19H16N2O3. The zero-order valence-electron chi connectivity index (χ0n) is 13.0. The lowest BCUT2D eigenvalue weighted by Gasteiger charge is -2.11. The summed E-state index contributed by atoms with van der Waals surface area (Å²) < 4.78 is 5.31. The minimum absolute atomic E-state index is 0.247. The minimum Gasteiger partial charge on any atom is -0.454 e. The van der Waals surface area contributed by atoms with E-state index in [-0.39, 0.29) is 12.4 Å². The average molecular weight is 320 g/mol. The first-order chi connectivity index (χ1) is 11.7. The number of H-pyrrole nitrogens is 1. The highest BCUT2D eigenvalue weighted by Gasteiger charge is 2.25. The molecule has 2 aromatic heterocycles. The number of aromatic amines is 1. The number of para-hydroxylation sites is 1. The van der Waals surface area contributed by atoms with Crippen LogP contribution in [0.5, 0.6) is 0 Å². The van der Waals surface area contributed by atoms with Gasteiger partial charge in [-0.1, -0.05) is 18.2 Å². The number of ketones is 1. The van der Waals surface area contributed by atoms with Crippen molar-refractivity contribution < 1.29 is 14.3 Å². The van der Waals surface area contributed by atoms with Crippen LogP contribution in [-0.2, 0) is 17.6 Å². The van der Waals surface area contributed by atoms with E-state index in [2.05, 4.69) is 9.97 Å². The van der Waals surface area contributed by atoms with E-state index in [9.17, 15) is 9.59 Å². The van der Waals surface area contributed by atoms with Crippen LogP contribution in [0, 0.1) is 0 Å². The fourth-order valence-corrected chi connectivity index (χ4v) is 3.23. The molecule has 5 nitrogen and oxygen atoms in total. The molecule has 0 atom stereocenters. The average Bonchev–Trinajstić information content (AvgIpc) is 3.28. The number of esters is 1. The Hall–Kier alpha value is -2.95. The van der Waals surface area contributed by atoms with Crippen LogP contribution in [0.3, 0.4) is 0 Å². The predicted octanol–water partition coefficient (Wildman–Crippen LogP) is 3.09. The number of rotatable bonds is 4. The molecule has 0 bridgehead atoms. The minimum atomic E-state index is -0.452. The molecule has 24 heavy (non-hydrogen) atoms.